The summed E-state index contributed by atoms with van der Waals surface area (Å²) in [4.78, 5) is 14.4. The van der Waals surface area contributed by atoms with Crippen LogP contribution in [0.25, 0.3) is 11.1 Å². The second-order valence-electron chi connectivity index (χ2n) is 5.04. The van der Waals surface area contributed by atoms with E-state index in [9.17, 15) is 9.18 Å². The number of benzene rings is 1. The molecule has 1 N–H and O–H groups in total. The van der Waals surface area contributed by atoms with Gasteiger partial charge in [-0.25, -0.2) is 4.39 Å². The molecular formula is C17H17FN2O2. The largest absolute Gasteiger partial charge is 0.377 e. The van der Waals surface area contributed by atoms with E-state index in [1.54, 1.807) is 25.1 Å². The van der Waals surface area contributed by atoms with Crippen molar-refractivity contribution in [2.75, 3.05) is 6.61 Å². The van der Waals surface area contributed by atoms with Gasteiger partial charge in [-0.05, 0) is 31.0 Å². The molecule has 5 heteroatoms. The first-order chi connectivity index (χ1) is 10.6. The average molecular weight is 300 g/mol. The maximum absolute atomic E-state index is 14.2. The molecule has 0 saturated heterocycles. The van der Waals surface area contributed by atoms with E-state index in [4.69, 9.17) is 10.00 Å². The Bertz CT molecular complexity index is 775. The molecule has 0 aliphatic heterocycles. The van der Waals surface area contributed by atoms with Gasteiger partial charge in [0.25, 0.3) is 5.56 Å². The average Bonchev–Trinajstić information content (AvgIpc) is 2.48. The molecule has 0 spiro atoms. The van der Waals surface area contributed by atoms with E-state index in [0.29, 0.717) is 29.0 Å². The maximum atomic E-state index is 14.2. The van der Waals surface area contributed by atoms with Gasteiger partial charge in [0.05, 0.1) is 6.61 Å². The highest BCUT2D eigenvalue weighted by Crippen LogP contribution is 2.24. The van der Waals surface area contributed by atoms with Gasteiger partial charge < -0.3 is 9.72 Å². The number of aromatic nitrogens is 1. The van der Waals surface area contributed by atoms with Crippen LogP contribution in [0.5, 0.6) is 0 Å². The van der Waals surface area contributed by atoms with Crippen LogP contribution >= 0.6 is 0 Å². The van der Waals surface area contributed by atoms with E-state index in [2.05, 4.69) is 4.98 Å². The molecule has 2 rings (SSSR count). The van der Waals surface area contributed by atoms with Crippen LogP contribution < -0.4 is 5.56 Å². The third-order valence-electron chi connectivity index (χ3n) is 3.25. The lowest BCUT2D eigenvalue weighted by molar-refractivity contribution is 0.119. The zero-order valence-corrected chi connectivity index (χ0v) is 12.6. The molecule has 1 aromatic heterocycles. The molecule has 4 nitrogen and oxygen atoms in total. The summed E-state index contributed by atoms with van der Waals surface area (Å²) < 4.78 is 19.5. The number of nitriles is 1. The fourth-order valence-corrected chi connectivity index (χ4v) is 2.19. The molecule has 0 saturated carbocycles. The zero-order chi connectivity index (χ0) is 16.1. The summed E-state index contributed by atoms with van der Waals surface area (Å²) in [6.45, 7) is 4.49. The molecule has 0 radical (unpaired) electrons. The Kier molecular flexibility index (Phi) is 5.08. The predicted molar refractivity (Wildman–Crippen MR) is 81.9 cm³/mol. The van der Waals surface area contributed by atoms with Gasteiger partial charge in [-0.2, -0.15) is 5.26 Å². The molecule has 0 unspecified atom stereocenters. The van der Waals surface area contributed by atoms with Crippen LogP contribution in [0.2, 0.25) is 0 Å². The number of nitrogens with one attached hydrogen (secondary N) is 1. The van der Waals surface area contributed by atoms with Crippen molar-refractivity contribution >= 4 is 0 Å². The monoisotopic (exact) mass is 300 g/mol. The number of rotatable bonds is 5. The molecule has 0 aliphatic rings. The molecule has 1 aromatic carbocycles. The fourth-order valence-electron chi connectivity index (χ4n) is 2.19. The third-order valence-corrected chi connectivity index (χ3v) is 3.25. The van der Waals surface area contributed by atoms with E-state index in [-0.39, 0.29) is 12.2 Å². The Morgan fingerprint density at radius 2 is 2.14 bits per heavy atom. The van der Waals surface area contributed by atoms with E-state index in [1.165, 1.54) is 6.07 Å². The van der Waals surface area contributed by atoms with Crippen LogP contribution in [-0.2, 0) is 11.3 Å². The summed E-state index contributed by atoms with van der Waals surface area (Å²) in [6, 6.07) is 8.20. The summed E-state index contributed by atoms with van der Waals surface area (Å²) in [6.07, 6.45) is 0.872. The minimum atomic E-state index is -0.465. The lowest BCUT2D eigenvalue weighted by Crippen LogP contribution is -2.12. The van der Waals surface area contributed by atoms with Crippen LogP contribution in [0.4, 0.5) is 4.39 Å². The maximum Gasteiger partial charge on any atom is 0.266 e. The zero-order valence-electron chi connectivity index (χ0n) is 12.6. The number of pyridine rings is 1. The molecule has 0 atom stereocenters. The van der Waals surface area contributed by atoms with E-state index < -0.39 is 11.4 Å². The predicted octanol–water partition coefficient (Wildman–Crippen LogP) is 3.29. The summed E-state index contributed by atoms with van der Waals surface area (Å²) in [7, 11) is 0. The lowest BCUT2D eigenvalue weighted by Gasteiger charge is -2.09. The molecule has 0 fully saturated rings. The van der Waals surface area contributed by atoms with Crippen molar-refractivity contribution < 1.29 is 9.13 Å². The van der Waals surface area contributed by atoms with Gasteiger partial charge in [0.1, 0.15) is 17.4 Å². The van der Waals surface area contributed by atoms with Gasteiger partial charge >= 0.3 is 0 Å². The number of hydrogen-bond donors (Lipinski definition) is 1. The van der Waals surface area contributed by atoms with Crippen LogP contribution in [-0.4, -0.2) is 11.6 Å². The van der Waals surface area contributed by atoms with Gasteiger partial charge in [-0.1, -0.05) is 19.1 Å². The number of halogens is 1. The summed E-state index contributed by atoms with van der Waals surface area (Å²) >= 11 is 0. The highest BCUT2D eigenvalue weighted by atomic mass is 19.1. The van der Waals surface area contributed by atoms with Gasteiger partial charge in [-0.3, -0.25) is 4.79 Å². The molecule has 0 aliphatic carbocycles. The smallest absolute Gasteiger partial charge is 0.266 e. The van der Waals surface area contributed by atoms with Crippen molar-refractivity contribution in [2.45, 2.75) is 26.9 Å². The molecule has 1 heterocycles. The van der Waals surface area contributed by atoms with E-state index >= 15 is 0 Å². The van der Waals surface area contributed by atoms with Crippen LogP contribution in [0.15, 0.2) is 29.1 Å². The van der Waals surface area contributed by atoms with Gasteiger partial charge in [0, 0.05) is 23.4 Å². The number of hydrogen-bond acceptors (Lipinski definition) is 3. The number of aryl methyl sites for hydroxylation is 1. The lowest BCUT2D eigenvalue weighted by atomic mass is 9.99. The first-order valence-electron chi connectivity index (χ1n) is 7.07. The number of nitrogens with zero attached hydrogens (tertiary/aromatic N) is 1. The Labute approximate surface area is 128 Å². The highest BCUT2D eigenvalue weighted by Gasteiger charge is 2.12. The number of H-pyrrole nitrogens is 1. The van der Waals surface area contributed by atoms with Gasteiger partial charge in [0.2, 0.25) is 0 Å². The molecule has 0 bridgehead atoms. The minimum absolute atomic E-state index is 0.0139. The van der Waals surface area contributed by atoms with E-state index in [1.807, 2.05) is 13.0 Å². The summed E-state index contributed by atoms with van der Waals surface area (Å²) in [5, 5.41) is 9.13. The van der Waals surface area contributed by atoms with Crippen LogP contribution in [0, 0.1) is 24.1 Å². The van der Waals surface area contributed by atoms with Gasteiger partial charge in [0.15, 0.2) is 0 Å². The van der Waals surface area contributed by atoms with Crippen molar-refractivity contribution in [3.63, 3.8) is 0 Å². The number of aromatic amines is 1. The Morgan fingerprint density at radius 1 is 1.36 bits per heavy atom. The molecule has 0 amide bonds. The fraction of sp³-hybridized carbons (Fsp3) is 0.294. The SMILES string of the molecule is CCCOCc1ccc(-c2cc(C)[nH]c(=O)c2C#N)cc1F. The first-order valence-corrected chi connectivity index (χ1v) is 7.07. The summed E-state index contributed by atoms with van der Waals surface area (Å²) in [5.74, 6) is -0.407. The topological polar surface area (TPSA) is 65.9 Å². The van der Waals surface area contributed by atoms with Crippen molar-refractivity contribution in [3.8, 4) is 17.2 Å². The molecule has 114 valence electrons. The van der Waals surface area contributed by atoms with Gasteiger partial charge in [-0.15, -0.1) is 0 Å². The Balaban J connectivity index is 2.41. The summed E-state index contributed by atoms with van der Waals surface area (Å²) in [5.41, 5.74) is 1.53. The second-order valence-corrected chi connectivity index (χ2v) is 5.04. The Morgan fingerprint density at radius 3 is 2.77 bits per heavy atom. The van der Waals surface area contributed by atoms with Crippen molar-refractivity contribution in [1.29, 1.82) is 5.26 Å². The van der Waals surface area contributed by atoms with Crippen molar-refractivity contribution in [3.05, 3.63) is 57.3 Å². The standard InChI is InChI=1S/C17H17FN2O2/c1-3-6-22-10-13-5-4-12(8-16(13)18)14-7-11(2)20-17(21)15(14)9-19/h4-5,7-8H,3,6,10H2,1-2H3,(H,20,21). The van der Waals surface area contributed by atoms with Crippen LogP contribution in [0.3, 0.4) is 0 Å². The second kappa shape index (κ2) is 7.01. The third kappa shape index (κ3) is 3.41. The molecular weight excluding hydrogens is 283 g/mol. The van der Waals surface area contributed by atoms with E-state index in [0.717, 1.165) is 6.42 Å². The minimum Gasteiger partial charge on any atom is -0.377 e. The highest BCUT2D eigenvalue weighted by molar-refractivity contribution is 5.70. The first kappa shape index (κ1) is 15.9. The van der Waals surface area contributed by atoms with Crippen molar-refractivity contribution in [2.24, 2.45) is 0 Å². The number of ether oxygens (including phenoxy) is 1. The Hall–Kier alpha value is -2.45. The normalized spacial score (nSPS) is 10.5. The molecule has 2 aromatic rings. The molecule has 22 heavy (non-hydrogen) atoms. The van der Waals surface area contributed by atoms with Crippen molar-refractivity contribution in [1.82, 2.24) is 4.98 Å². The van der Waals surface area contributed by atoms with Crippen LogP contribution in [0.1, 0.15) is 30.2 Å². The quantitative estimate of drug-likeness (QED) is 0.862.